The van der Waals surface area contributed by atoms with E-state index < -0.39 is 11.8 Å². The molecule has 7 nitrogen and oxygen atoms in total. The highest BCUT2D eigenvalue weighted by Crippen LogP contribution is 2.14. The highest BCUT2D eigenvalue weighted by molar-refractivity contribution is 6.06. The maximum Gasteiger partial charge on any atom is 0.290 e. The van der Waals surface area contributed by atoms with E-state index in [4.69, 9.17) is 0 Å². The number of amides is 2. The molecule has 0 radical (unpaired) electrons. The van der Waals surface area contributed by atoms with Gasteiger partial charge in [-0.25, -0.2) is 4.68 Å². The molecule has 0 saturated heterocycles. The predicted molar refractivity (Wildman–Crippen MR) is 122 cm³/mol. The van der Waals surface area contributed by atoms with Gasteiger partial charge in [0.25, 0.3) is 17.4 Å². The standard InChI is InChI=1S/C25H22N4O3/c1-29-25(32)21-14-8-7-13-20(21)22(28-29)24(31)27-26-23(30)19-12-6-5-11-18(19)16-15-17-9-3-2-4-10-17/h2-14H,15-16H2,1H3,(H,26,30)(H,27,31). The lowest BCUT2D eigenvalue weighted by Crippen LogP contribution is -2.43. The summed E-state index contributed by atoms with van der Waals surface area (Å²) in [6, 6.07) is 24.1. The number of nitrogens with one attached hydrogen (secondary N) is 2. The molecule has 0 aliphatic heterocycles. The van der Waals surface area contributed by atoms with Gasteiger partial charge in [0, 0.05) is 18.0 Å². The molecule has 0 fully saturated rings. The first-order valence-corrected chi connectivity index (χ1v) is 10.2. The van der Waals surface area contributed by atoms with Crippen LogP contribution < -0.4 is 16.4 Å². The number of aromatic nitrogens is 2. The third-order valence-electron chi connectivity index (χ3n) is 5.25. The number of carbonyl (C=O) groups is 2. The fourth-order valence-corrected chi connectivity index (χ4v) is 3.59. The van der Waals surface area contributed by atoms with Crippen molar-refractivity contribution in [3.63, 3.8) is 0 Å². The SMILES string of the molecule is Cn1nc(C(=O)NNC(=O)c2ccccc2CCc2ccccc2)c2ccccc2c1=O. The normalized spacial score (nSPS) is 10.7. The molecule has 2 N–H and O–H groups in total. The van der Waals surface area contributed by atoms with Gasteiger partial charge in [-0.15, -0.1) is 0 Å². The molecule has 2 amide bonds. The summed E-state index contributed by atoms with van der Waals surface area (Å²) in [5.74, 6) is -1.02. The van der Waals surface area contributed by atoms with E-state index in [1.807, 2.05) is 42.5 Å². The number of fused-ring (bicyclic) bond motifs is 1. The molecule has 4 aromatic rings. The van der Waals surface area contributed by atoms with Crippen molar-refractivity contribution < 1.29 is 9.59 Å². The van der Waals surface area contributed by atoms with Crippen molar-refractivity contribution in [3.8, 4) is 0 Å². The zero-order valence-electron chi connectivity index (χ0n) is 17.5. The Bertz CT molecular complexity index is 1350. The van der Waals surface area contributed by atoms with Crippen LogP contribution in [0.15, 0.2) is 83.7 Å². The fourth-order valence-electron chi connectivity index (χ4n) is 3.59. The highest BCUT2D eigenvalue weighted by Gasteiger charge is 2.17. The maximum atomic E-state index is 12.8. The van der Waals surface area contributed by atoms with Gasteiger partial charge >= 0.3 is 0 Å². The first kappa shape index (κ1) is 21.0. The van der Waals surface area contributed by atoms with E-state index in [0.29, 0.717) is 22.8 Å². The van der Waals surface area contributed by atoms with Gasteiger partial charge in [-0.3, -0.25) is 25.2 Å². The van der Waals surface area contributed by atoms with E-state index in [2.05, 4.69) is 16.0 Å². The van der Waals surface area contributed by atoms with Crippen molar-refractivity contribution in [2.45, 2.75) is 12.8 Å². The van der Waals surface area contributed by atoms with Crippen LogP contribution in [0.1, 0.15) is 32.0 Å². The second kappa shape index (κ2) is 9.26. The van der Waals surface area contributed by atoms with Crippen LogP contribution in [0.5, 0.6) is 0 Å². The summed E-state index contributed by atoms with van der Waals surface area (Å²) in [5.41, 5.74) is 7.20. The van der Waals surface area contributed by atoms with Gasteiger partial charge in [0.05, 0.1) is 5.39 Å². The van der Waals surface area contributed by atoms with Crippen LogP contribution in [0.2, 0.25) is 0 Å². The van der Waals surface area contributed by atoms with E-state index in [0.717, 1.165) is 16.7 Å². The smallest absolute Gasteiger partial charge is 0.267 e. The highest BCUT2D eigenvalue weighted by atomic mass is 16.2. The Morgan fingerprint density at radius 1 is 0.781 bits per heavy atom. The number of nitrogens with zero attached hydrogens (tertiary/aromatic N) is 2. The molecule has 0 spiro atoms. The topological polar surface area (TPSA) is 93.1 Å². The minimum atomic E-state index is -0.605. The third-order valence-corrected chi connectivity index (χ3v) is 5.25. The Morgan fingerprint density at radius 3 is 2.19 bits per heavy atom. The maximum absolute atomic E-state index is 12.8. The van der Waals surface area contributed by atoms with Gasteiger partial charge in [-0.2, -0.15) is 5.10 Å². The van der Waals surface area contributed by atoms with E-state index in [-0.39, 0.29) is 11.3 Å². The summed E-state index contributed by atoms with van der Waals surface area (Å²) in [4.78, 5) is 37.8. The number of aryl methyl sites for hydroxylation is 3. The number of hydrazine groups is 1. The molecule has 32 heavy (non-hydrogen) atoms. The average molecular weight is 426 g/mol. The monoisotopic (exact) mass is 426 g/mol. The summed E-state index contributed by atoms with van der Waals surface area (Å²) < 4.78 is 1.11. The Kier molecular flexibility index (Phi) is 6.07. The van der Waals surface area contributed by atoms with Crippen molar-refractivity contribution in [3.05, 3.63) is 112 Å². The van der Waals surface area contributed by atoms with Gasteiger partial charge in [-0.1, -0.05) is 66.7 Å². The van der Waals surface area contributed by atoms with E-state index in [1.54, 1.807) is 36.4 Å². The van der Waals surface area contributed by atoms with Gasteiger partial charge < -0.3 is 0 Å². The first-order valence-electron chi connectivity index (χ1n) is 10.2. The predicted octanol–water partition coefficient (Wildman–Crippen LogP) is 2.79. The van der Waals surface area contributed by atoms with Crippen LogP contribution in [0.4, 0.5) is 0 Å². The third kappa shape index (κ3) is 4.41. The summed E-state index contributed by atoms with van der Waals surface area (Å²) in [6.07, 6.45) is 1.49. The first-order chi connectivity index (χ1) is 15.5. The lowest BCUT2D eigenvalue weighted by molar-refractivity contribution is 0.0843. The van der Waals surface area contributed by atoms with Crippen LogP contribution in [-0.2, 0) is 19.9 Å². The Morgan fingerprint density at radius 2 is 1.41 bits per heavy atom. The minimum Gasteiger partial charge on any atom is -0.267 e. The van der Waals surface area contributed by atoms with Crippen molar-refractivity contribution in [1.82, 2.24) is 20.6 Å². The second-order valence-electron chi connectivity index (χ2n) is 7.37. The zero-order valence-corrected chi connectivity index (χ0v) is 17.5. The average Bonchev–Trinajstić information content (AvgIpc) is 2.84. The molecule has 4 rings (SSSR count). The summed E-state index contributed by atoms with van der Waals surface area (Å²) >= 11 is 0. The van der Waals surface area contributed by atoms with Crippen LogP contribution in [0.25, 0.3) is 10.8 Å². The number of rotatable bonds is 5. The number of hydrogen-bond donors (Lipinski definition) is 2. The Hall–Kier alpha value is -4.26. The largest absolute Gasteiger partial charge is 0.290 e. The van der Waals surface area contributed by atoms with Gasteiger partial charge in [0.1, 0.15) is 0 Å². The molecule has 7 heteroatoms. The molecule has 160 valence electrons. The molecule has 0 saturated carbocycles. The molecular formula is C25H22N4O3. The Labute approximate surface area is 184 Å². The molecule has 0 aliphatic carbocycles. The molecule has 0 aliphatic rings. The van der Waals surface area contributed by atoms with Crippen molar-refractivity contribution in [2.75, 3.05) is 0 Å². The van der Waals surface area contributed by atoms with Crippen LogP contribution >= 0.6 is 0 Å². The van der Waals surface area contributed by atoms with Gasteiger partial charge in [-0.05, 0) is 36.1 Å². The molecule has 0 unspecified atom stereocenters. The molecular weight excluding hydrogens is 404 g/mol. The minimum absolute atomic E-state index is 0.0559. The summed E-state index contributed by atoms with van der Waals surface area (Å²) in [6.45, 7) is 0. The van der Waals surface area contributed by atoms with Gasteiger partial charge in [0.2, 0.25) is 0 Å². The number of carbonyl (C=O) groups excluding carboxylic acids is 2. The molecule has 1 aromatic heterocycles. The molecule has 0 atom stereocenters. The van der Waals surface area contributed by atoms with E-state index in [1.165, 1.54) is 12.6 Å². The van der Waals surface area contributed by atoms with E-state index >= 15 is 0 Å². The Balaban J connectivity index is 1.49. The molecule has 3 aromatic carbocycles. The van der Waals surface area contributed by atoms with Crippen LogP contribution in [-0.4, -0.2) is 21.6 Å². The summed E-state index contributed by atoms with van der Waals surface area (Å²) in [5, 5.41) is 4.88. The zero-order chi connectivity index (χ0) is 22.5. The van der Waals surface area contributed by atoms with Crippen LogP contribution in [0.3, 0.4) is 0 Å². The quantitative estimate of drug-likeness (QED) is 0.480. The lowest BCUT2D eigenvalue weighted by atomic mass is 9.99. The summed E-state index contributed by atoms with van der Waals surface area (Å²) in [7, 11) is 1.48. The molecule has 1 heterocycles. The van der Waals surface area contributed by atoms with E-state index in [9.17, 15) is 14.4 Å². The van der Waals surface area contributed by atoms with Crippen molar-refractivity contribution >= 4 is 22.6 Å². The van der Waals surface area contributed by atoms with Gasteiger partial charge in [0.15, 0.2) is 5.69 Å². The fraction of sp³-hybridized carbons (Fsp3) is 0.120. The van der Waals surface area contributed by atoms with Crippen molar-refractivity contribution in [1.29, 1.82) is 0 Å². The van der Waals surface area contributed by atoms with Crippen LogP contribution in [0, 0.1) is 0 Å². The number of hydrogen-bond acceptors (Lipinski definition) is 4. The second-order valence-corrected chi connectivity index (χ2v) is 7.37. The molecule has 0 bridgehead atoms. The number of benzene rings is 3. The lowest BCUT2D eigenvalue weighted by Gasteiger charge is -2.12. The van der Waals surface area contributed by atoms with Crippen molar-refractivity contribution in [2.24, 2.45) is 7.05 Å².